The summed E-state index contributed by atoms with van der Waals surface area (Å²) in [6.45, 7) is 5.08. The zero-order valence-corrected chi connectivity index (χ0v) is 16.8. The monoisotopic (exact) mass is 370 g/mol. The molecule has 5 atom stereocenters. The van der Waals surface area contributed by atoms with E-state index >= 15 is 0 Å². The lowest BCUT2D eigenvalue weighted by atomic mass is 9.82. The van der Waals surface area contributed by atoms with E-state index in [2.05, 4.69) is 117 Å². The third-order valence-electron chi connectivity index (χ3n) is 7.27. The van der Waals surface area contributed by atoms with Crippen LogP contribution in [0.1, 0.15) is 43.2 Å². The summed E-state index contributed by atoms with van der Waals surface area (Å²) in [5.41, 5.74) is 3.73. The molecule has 2 aliphatic carbocycles. The van der Waals surface area contributed by atoms with Crippen LogP contribution in [0.25, 0.3) is 0 Å². The first kappa shape index (κ1) is 17.1. The molecule has 3 aromatic rings. The third kappa shape index (κ3) is 2.67. The summed E-state index contributed by atoms with van der Waals surface area (Å²) in [6, 6.07) is 33.3. The topological polar surface area (TPSA) is 0 Å². The third-order valence-corrected chi connectivity index (χ3v) is 8.83. The summed E-state index contributed by atoms with van der Waals surface area (Å²) in [6.07, 6.45) is 1.31. The van der Waals surface area contributed by atoms with Crippen molar-refractivity contribution >= 4 is 11.8 Å². The van der Waals surface area contributed by atoms with E-state index < -0.39 is 0 Å². The molecule has 1 heteroatoms. The molecule has 0 aliphatic heterocycles. The number of hydrogen-bond donors (Lipinski definition) is 0. The Bertz CT molecular complexity index is 920. The average molecular weight is 371 g/mol. The van der Waals surface area contributed by atoms with E-state index in [1.807, 2.05) is 0 Å². The van der Waals surface area contributed by atoms with Gasteiger partial charge in [-0.05, 0) is 46.4 Å². The van der Waals surface area contributed by atoms with E-state index in [9.17, 15) is 0 Å². The summed E-state index contributed by atoms with van der Waals surface area (Å²) in [5, 5.41) is 0.640. The van der Waals surface area contributed by atoms with Crippen LogP contribution in [-0.4, -0.2) is 5.25 Å². The molecule has 0 radical (unpaired) electrons. The lowest BCUT2D eigenvalue weighted by Crippen LogP contribution is -2.17. The van der Waals surface area contributed by atoms with Gasteiger partial charge in [0, 0.05) is 16.1 Å². The van der Waals surface area contributed by atoms with E-state index in [1.165, 1.54) is 22.4 Å². The largest absolute Gasteiger partial charge is 0.121 e. The standard InChI is InChI=1S/C26H26S/c1-25(18-22(25)19-12-6-3-7-13-19)26(2)23(20-14-8-4-9-15-20)24(26)27-21-16-10-5-11-17-21/h3-17,22-24H,18H2,1-2H3/t22-,23+,24-,25+,26+/m0/s1. The highest BCUT2D eigenvalue weighted by atomic mass is 32.2. The highest BCUT2D eigenvalue weighted by Crippen LogP contribution is 2.83. The Labute approximate surface area is 167 Å². The van der Waals surface area contributed by atoms with Crippen LogP contribution in [-0.2, 0) is 0 Å². The Hall–Kier alpha value is -1.99. The Kier molecular flexibility index (Phi) is 3.98. The van der Waals surface area contributed by atoms with Crippen LogP contribution in [0.3, 0.4) is 0 Å². The van der Waals surface area contributed by atoms with Crippen molar-refractivity contribution in [1.29, 1.82) is 0 Å². The lowest BCUT2D eigenvalue weighted by Gasteiger charge is -2.23. The summed E-state index contributed by atoms with van der Waals surface area (Å²) < 4.78 is 0. The molecule has 136 valence electrons. The van der Waals surface area contributed by atoms with Crippen molar-refractivity contribution in [1.82, 2.24) is 0 Å². The molecule has 2 fully saturated rings. The van der Waals surface area contributed by atoms with Crippen LogP contribution in [0.5, 0.6) is 0 Å². The maximum Gasteiger partial charge on any atom is 0.0234 e. The highest BCUT2D eigenvalue weighted by Gasteiger charge is 2.76. The number of rotatable bonds is 5. The maximum atomic E-state index is 2.55. The first-order valence-electron chi connectivity index (χ1n) is 9.96. The van der Waals surface area contributed by atoms with E-state index in [0.29, 0.717) is 27.9 Å². The second-order valence-corrected chi connectivity index (χ2v) is 9.82. The Morgan fingerprint density at radius 2 is 1.22 bits per heavy atom. The quantitative estimate of drug-likeness (QED) is 0.460. The van der Waals surface area contributed by atoms with E-state index in [1.54, 1.807) is 0 Å². The molecule has 0 aromatic heterocycles. The molecule has 27 heavy (non-hydrogen) atoms. The van der Waals surface area contributed by atoms with Crippen molar-refractivity contribution in [3.63, 3.8) is 0 Å². The highest BCUT2D eigenvalue weighted by molar-refractivity contribution is 8.00. The van der Waals surface area contributed by atoms with Gasteiger partial charge in [0.05, 0.1) is 0 Å². The molecule has 2 aliphatic rings. The number of benzene rings is 3. The second kappa shape index (κ2) is 6.27. The van der Waals surface area contributed by atoms with Gasteiger partial charge in [0.15, 0.2) is 0 Å². The van der Waals surface area contributed by atoms with Gasteiger partial charge in [0.1, 0.15) is 0 Å². The van der Waals surface area contributed by atoms with Gasteiger partial charge in [-0.25, -0.2) is 0 Å². The molecule has 0 N–H and O–H groups in total. The molecular weight excluding hydrogens is 344 g/mol. The van der Waals surface area contributed by atoms with Crippen molar-refractivity contribution in [3.8, 4) is 0 Å². The molecule has 0 heterocycles. The zero-order valence-electron chi connectivity index (χ0n) is 16.0. The summed E-state index contributed by atoms with van der Waals surface area (Å²) in [7, 11) is 0. The minimum absolute atomic E-state index is 0.329. The van der Waals surface area contributed by atoms with Crippen LogP contribution in [0.2, 0.25) is 0 Å². The fourth-order valence-electron chi connectivity index (χ4n) is 5.30. The molecule has 0 unspecified atom stereocenters. The van der Waals surface area contributed by atoms with Gasteiger partial charge in [-0.1, -0.05) is 92.7 Å². The lowest BCUT2D eigenvalue weighted by molar-refractivity contribution is 0.318. The molecule has 0 nitrogen and oxygen atoms in total. The molecular formula is C26H26S. The van der Waals surface area contributed by atoms with Gasteiger partial charge in [0.2, 0.25) is 0 Å². The van der Waals surface area contributed by atoms with E-state index in [-0.39, 0.29) is 0 Å². The predicted molar refractivity (Wildman–Crippen MR) is 115 cm³/mol. The molecule has 0 amide bonds. The molecule has 3 aromatic carbocycles. The van der Waals surface area contributed by atoms with Gasteiger partial charge in [-0.2, -0.15) is 0 Å². The van der Waals surface area contributed by atoms with Crippen LogP contribution < -0.4 is 0 Å². The summed E-state index contributed by atoms with van der Waals surface area (Å²) in [5.74, 6) is 1.32. The Morgan fingerprint density at radius 3 is 1.81 bits per heavy atom. The normalized spacial score (nSPS) is 34.2. The fraction of sp³-hybridized carbons (Fsp3) is 0.308. The fourth-order valence-corrected chi connectivity index (χ4v) is 7.07. The van der Waals surface area contributed by atoms with E-state index in [4.69, 9.17) is 0 Å². The van der Waals surface area contributed by atoms with Gasteiger partial charge >= 0.3 is 0 Å². The van der Waals surface area contributed by atoms with Gasteiger partial charge in [-0.3, -0.25) is 0 Å². The van der Waals surface area contributed by atoms with Crippen molar-refractivity contribution in [2.45, 2.75) is 42.2 Å². The van der Waals surface area contributed by atoms with Gasteiger partial charge in [0.25, 0.3) is 0 Å². The van der Waals surface area contributed by atoms with Crippen molar-refractivity contribution in [3.05, 3.63) is 102 Å². The van der Waals surface area contributed by atoms with Crippen molar-refractivity contribution in [2.24, 2.45) is 10.8 Å². The van der Waals surface area contributed by atoms with Crippen LogP contribution >= 0.6 is 11.8 Å². The Balaban J connectivity index is 1.48. The van der Waals surface area contributed by atoms with Crippen LogP contribution in [0, 0.1) is 10.8 Å². The summed E-state index contributed by atoms with van der Waals surface area (Å²) in [4.78, 5) is 1.40. The van der Waals surface area contributed by atoms with Crippen LogP contribution in [0.4, 0.5) is 0 Å². The van der Waals surface area contributed by atoms with Gasteiger partial charge < -0.3 is 0 Å². The second-order valence-electron chi connectivity index (χ2n) is 8.61. The first-order valence-corrected chi connectivity index (χ1v) is 10.8. The molecule has 0 saturated heterocycles. The molecule has 0 spiro atoms. The van der Waals surface area contributed by atoms with Gasteiger partial charge in [-0.15, -0.1) is 11.8 Å². The average Bonchev–Trinajstić information content (AvgIpc) is 3.59. The predicted octanol–water partition coefficient (Wildman–Crippen LogP) is 7.14. The number of hydrogen-bond acceptors (Lipinski definition) is 1. The van der Waals surface area contributed by atoms with Crippen molar-refractivity contribution < 1.29 is 0 Å². The SMILES string of the molecule is C[C@@]1([C@]2(C)C[C@H]2c2ccccc2)[C@H](c2ccccc2)[C@@H]1Sc1ccccc1. The minimum Gasteiger partial charge on any atom is -0.121 e. The zero-order chi connectivity index (χ0) is 18.5. The Morgan fingerprint density at radius 1 is 0.704 bits per heavy atom. The summed E-state index contributed by atoms with van der Waals surface area (Å²) >= 11 is 2.08. The first-order chi connectivity index (χ1) is 13.1. The number of thioether (sulfide) groups is 1. The molecule has 5 rings (SSSR count). The van der Waals surface area contributed by atoms with E-state index in [0.717, 1.165) is 0 Å². The molecule has 0 bridgehead atoms. The van der Waals surface area contributed by atoms with Crippen molar-refractivity contribution in [2.75, 3.05) is 0 Å². The smallest absolute Gasteiger partial charge is 0.0234 e. The van der Waals surface area contributed by atoms with Crippen LogP contribution in [0.15, 0.2) is 95.9 Å². The minimum atomic E-state index is 0.329. The molecule has 2 saturated carbocycles. The maximum absolute atomic E-state index is 2.55.